The zero-order chi connectivity index (χ0) is 47.1. The summed E-state index contributed by atoms with van der Waals surface area (Å²) in [7, 11) is 9.40. The maximum absolute atomic E-state index is 14.1. The molecule has 8 rings (SSSR count). The van der Waals surface area contributed by atoms with Gasteiger partial charge in [0.15, 0.2) is 23.3 Å². The van der Waals surface area contributed by atoms with Crippen molar-refractivity contribution in [1.29, 1.82) is 0 Å². The van der Waals surface area contributed by atoms with Gasteiger partial charge in [0.25, 0.3) is 0 Å². The van der Waals surface area contributed by atoms with E-state index < -0.39 is 11.6 Å². The third-order valence-electron chi connectivity index (χ3n) is 10.0. The molecule has 2 aliphatic rings. The van der Waals surface area contributed by atoms with E-state index in [1.807, 2.05) is 90.3 Å². The third-order valence-corrected chi connectivity index (χ3v) is 10.0. The molecule has 358 valence electrons. The number of pyridine rings is 2. The van der Waals surface area contributed by atoms with Crippen LogP contribution in [0, 0.1) is 11.6 Å². The van der Waals surface area contributed by atoms with Crippen LogP contribution < -0.4 is 45.8 Å². The monoisotopic (exact) mass is 934 g/mol. The molecular formula is C46H56F2N16O4. The Hall–Kier alpha value is -7.98. The van der Waals surface area contributed by atoms with Gasteiger partial charge in [-0.2, -0.15) is 20.2 Å². The summed E-state index contributed by atoms with van der Waals surface area (Å²) in [5.74, 6) is 0.821. The van der Waals surface area contributed by atoms with E-state index in [1.165, 1.54) is 6.21 Å². The molecule has 6 aromatic rings. The Labute approximate surface area is 393 Å². The first-order valence-corrected chi connectivity index (χ1v) is 21.1. The molecule has 0 saturated carbocycles. The van der Waals surface area contributed by atoms with Crippen LogP contribution in [0.1, 0.15) is 18.8 Å². The molecule has 2 fully saturated rings. The molecule has 6 heterocycles. The number of aromatic hydroxyl groups is 1. The lowest BCUT2D eigenvalue weighted by atomic mass is 10.2. The molecule has 22 heteroatoms. The van der Waals surface area contributed by atoms with Crippen molar-refractivity contribution in [2.24, 2.45) is 10.2 Å². The maximum atomic E-state index is 14.1. The second-order valence-electron chi connectivity index (χ2n) is 15.3. The predicted molar refractivity (Wildman–Crippen MR) is 264 cm³/mol. The Morgan fingerprint density at radius 3 is 1.50 bits per heavy atom. The normalized spacial score (nSPS) is 13.6. The number of benzene rings is 2. The topological polar surface area (TPSA) is 211 Å². The fraction of sp³-hybridized carbons (Fsp3) is 0.304. The van der Waals surface area contributed by atoms with Gasteiger partial charge in [-0.05, 0) is 36.4 Å². The van der Waals surface area contributed by atoms with Gasteiger partial charge in [0.05, 0.1) is 93.5 Å². The first-order valence-electron chi connectivity index (χ1n) is 21.1. The van der Waals surface area contributed by atoms with E-state index in [1.54, 1.807) is 43.9 Å². The molecule has 0 unspecified atom stereocenters. The van der Waals surface area contributed by atoms with Crippen LogP contribution in [0.2, 0.25) is 0 Å². The maximum Gasteiger partial charge on any atom is 0.245 e. The molecule has 5 N–H and O–H groups in total. The highest BCUT2D eigenvalue weighted by Crippen LogP contribution is 2.29. The zero-order valence-corrected chi connectivity index (χ0v) is 37.7. The Morgan fingerprint density at radius 1 is 0.618 bits per heavy atom. The summed E-state index contributed by atoms with van der Waals surface area (Å²) in [6.07, 6.45) is 8.68. The van der Waals surface area contributed by atoms with E-state index in [0.29, 0.717) is 64.0 Å². The number of hydrogen-bond donors (Lipinski definition) is 5. The summed E-state index contributed by atoms with van der Waals surface area (Å²) in [6.45, 7) is 4.43. The van der Waals surface area contributed by atoms with Gasteiger partial charge < -0.3 is 49.6 Å². The van der Waals surface area contributed by atoms with Crippen molar-refractivity contribution < 1.29 is 28.1 Å². The van der Waals surface area contributed by atoms with E-state index in [4.69, 9.17) is 14.2 Å². The van der Waals surface area contributed by atoms with Crippen LogP contribution in [0.3, 0.4) is 0 Å². The number of methoxy groups -OCH3 is 1. The summed E-state index contributed by atoms with van der Waals surface area (Å²) in [4.78, 5) is 32.6. The van der Waals surface area contributed by atoms with Gasteiger partial charge in [0.1, 0.15) is 11.5 Å². The number of ether oxygens (including phenoxy) is 3. The van der Waals surface area contributed by atoms with Crippen LogP contribution in [0.15, 0.2) is 95.7 Å². The van der Waals surface area contributed by atoms with Crippen LogP contribution in [0.4, 0.5) is 66.4 Å². The van der Waals surface area contributed by atoms with E-state index in [9.17, 15) is 13.9 Å². The first-order chi connectivity index (χ1) is 32.5. The molecule has 0 atom stereocenters. The molecule has 0 amide bonds. The van der Waals surface area contributed by atoms with Gasteiger partial charge in [0.2, 0.25) is 11.9 Å². The van der Waals surface area contributed by atoms with Crippen molar-refractivity contribution in [3.63, 3.8) is 0 Å². The second kappa shape index (κ2) is 24.0. The lowest BCUT2D eigenvalue weighted by Crippen LogP contribution is -2.37. The molecule has 0 spiro atoms. The molecule has 4 aromatic heterocycles. The number of nitrogens with zero attached hydrogens (tertiary/aromatic N) is 12. The predicted octanol–water partition coefficient (Wildman–Crippen LogP) is 6.56. The molecule has 0 radical (unpaired) electrons. The Balaban J connectivity index is 0.000000221. The first kappa shape index (κ1) is 49.5. The lowest BCUT2D eigenvalue weighted by molar-refractivity contribution is 0.122. The van der Waals surface area contributed by atoms with Gasteiger partial charge >= 0.3 is 0 Å². The van der Waals surface area contributed by atoms with E-state index in [2.05, 4.69) is 61.6 Å². The fourth-order valence-electron chi connectivity index (χ4n) is 6.53. The van der Waals surface area contributed by atoms with Crippen molar-refractivity contribution in [2.75, 3.05) is 129 Å². The van der Waals surface area contributed by atoms with Crippen LogP contribution in [-0.4, -0.2) is 135 Å². The van der Waals surface area contributed by atoms with Crippen LogP contribution in [0.5, 0.6) is 11.5 Å². The van der Waals surface area contributed by atoms with Crippen molar-refractivity contribution in [3.05, 3.63) is 108 Å². The Bertz CT molecular complexity index is 2610. The highest BCUT2D eigenvalue weighted by molar-refractivity contribution is 5.79. The Morgan fingerprint density at radius 2 is 1.07 bits per heavy atom. The number of phenols is 1. The molecule has 0 bridgehead atoms. The quantitative estimate of drug-likeness (QED) is 0.0545. The molecule has 2 aliphatic heterocycles. The average Bonchev–Trinajstić information content (AvgIpc) is 3.34. The smallest absolute Gasteiger partial charge is 0.245 e. The SMILES string of the molecule is C.CN(C)c1cc(O)cc(Nc2ccc(/C=N/Nc3ncc(F)c(N4CCOCC4)n3)nc2)c1.COc1cc(Nc2ccc(/C=N\Nc3ncc(F)c(N4CCOCC4)n3)nc2)cc(N(C)C)c1. The van der Waals surface area contributed by atoms with Crippen molar-refractivity contribution >= 4 is 70.1 Å². The number of hydrogen-bond acceptors (Lipinski definition) is 20. The second-order valence-corrected chi connectivity index (χ2v) is 15.3. The van der Waals surface area contributed by atoms with Crippen LogP contribution in [-0.2, 0) is 9.47 Å². The number of aromatic nitrogens is 6. The number of nitrogens with one attached hydrogen (secondary N) is 4. The van der Waals surface area contributed by atoms with Crippen molar-refractivity contribution in [1.82, 2.24) is 29.9 Å². The van der Waals surface area contributed by atoms with E-state index in [-0.39, 0.29) is 36.7 Å². The molecule has 2 saturated heterocycles. The van der Waals surface area contributed by atoms with Crippen LogP contribution in [0.25, 0.3) is 0 Å². The minimum atomic E-state index is -0.486. The minimum Gasteiger partial charge on any atom is -0.508 e. The number of phenolic OH excluding ortho intramolecular Hbond substituents is 1. The average molecular weight is 935 g/mol. The van der Waals surface area contributed by atoms with Gasteiger partial charge in [-0.1, -0.05) is 7.43 Å². The number of anilines is 10. The standard InChI is InChI=1S/C23H27FN8O2.C22H25FN8O2.CH4/c1-31(2)19-10-18(11-20(12-19)33-3)28-17-5-4-16(25-13-17)14-27-30-23-26-15-21(24)22(29-23)32-6-8-34-9-7-32;1-30(2)18-9-17(10-19(32)11-18)27-16-4-3-15(24-12-16)13-26-29-22-25-14-20(23)21(28-22)31-5-7-33-8-6-31;/h4-5,10-15,28H,6-9H2,1-3H3,(H,26,29,30);3-4,9-14,27,32H,5-8H2,1-2H3,(H,25,28,29);1H4/b27-14-;26-13+;. The molecule has 68 heavy (non-hydrogen) atoms. The number of halogens is 2. The van der Waals surface area contributed by atoms with Gasteiger partial charge in [-0.3, -0.25) is 9.97 Å². The summed E-state index contributed by atoms with van der Waals surface area (Å²) in [6, 6.07) is 18.5. The van der Waals surface area contributed by atoms with E-state index >= 15 is 0 Å². The summed E-state index contributed by atoms with van der Waals surface area (Å²) in [5.41, 5.74) is 11.8. The largest absolute Gasteiger partial charge is 0.508 e. The van der Waals surface area contributed by atoms with Gasteiger partial charge in [-0.25, -0.2) is 29.6 Å². The molecule has 2 aromatic carbocycles. The highest BCUT2D eigenvalue weighted by Gasteiger charge is 2.19. The summed E-state index contributed by atoms with van der Waals surface area (Å²) >= 11 is 0. The minimum absolute atomic E-state index is 0. The number of morpholine rings is 2. The summed E-state index contributed by atoms with van der Waals surface area (Å²) in [5, 5.41) is 24.7. The van der Waals surface area contributed by atoms with Gasteiger partial charge in [-0.15, -0.1) is 0 Å². The lowest BCUT2D eigenvalue weighted by Gasteiger charge is -2.27. The van der Waals surface area contributed by atoms with Gasteiger partial charge in [0, 0.05) is 101 Å². The zero-order valence-electron chi connectivity index (χ0n) is 37.7. The third kappa shape index (κ3) is 14.0. The number of rotatable bonds is 15. The van der Waals surface area contributed by atoms with Crippen molar-refractivity contribution in [2.45, 2.75) is 7.43 Å². The van der Waals surface area contributed by atoms with Crippen LogP contribution >= 0.6 is 0 Å². The van der Waals surface area contributed by atoms with E-state index in [0.717, 1.165) is 52.3 Å². The fourth-order valence-corrected chi connectivity index (χ4v) is 6.53. The molecular weight excluding hydrogens is 879 g/mol. The summed E-state index contributed by atoms with van der Waals surface area (Å²) < 4.78 is 44.2. The van der Waals surface area contributed by atoms with Crippen molar-refractivity contribution in [3.8, 4) is 11.5 Å². The molecule has 0 aliphatic carbocycles. The molecule has 20 nitrogen and oxygen atoms in total. The number of hydrazone groups is 2. The highest BCUT2D eigenvalue weighted by atomic mass is 19.1. The Kier molecular flexibility index (Phi) is 17.4.